The second-order valence-electron chi connectivity index (χ2n) is 8.94. The first-order valence-corrected chi connectivity index (χ1v) is 13.6. The van der Waals surface area contributed by atoms with Gasteiger partial charge in [-0.1, -0.05) is 18.2 Å². The lowest BCUT2D eigenvalue weighted by molar-refractivity contribution is -0.0629. The molecule has 0 radical (unpaired) electrons. The number of pyridine rings is 1. The van der Waals surface area contributed by atoms with Gasteiger partial charge in [-0.25, -0.2) is 28.0 Å². The molecule has 12 heteroatoms. The Balaban J connectivity index is 1.26. The van der Waals surface area contributed by atoms with Gasteiger partial charge < -0.3 is 10.6 Å². The average Bonchev–Trinajstić information content (AvgIpc) is 2.91. The predicted octanol–water partition coefficient (Wildman–Crippen LogP) is 1.11. The van der Waals surface area contributed by atoms with E-state index in [2.05, 4.69) is 15.0 Å². The van der Waals surface area contributed by atoms with Crippen molar-refractivity contribution in [3.05, 3.63) is 71.6 Å². The summed E-state index contributed by atoms with van der Waals surface area (Å²) in [7, 11) is -3.76. The average molecular weight is 527 g/mol. The molecule has 4 rings (SSSR count). The number of primary amides is 1. The van der Waals surface area contributed by atoms with Gasteiger partial charge in [-0.05, 0) is 49.3 Å². The minimum Gasteiger partial charge on any atom is -0.351 e. The number of hydrazine groups is 1. The fourth-order valence-electron chi connectivity index (χ4n) is 4.53. The van der Waals surface area contributed by atoms with Crippen LogP contribution in [-0.4, -0.2) is 90.6 Å². The van der Waals surface area contributed by atoms with Crippen LogP contribution in [0.2, 0.25) is 0 Å². The Morgan fingerprint density at radius 2 is 1.51 bits per heavy atom. The highest BCUT2D eigenvalue weighted by molar-refractivity contribution is 7.90. The molecule has 0 spiro atoms. The highest BCUT2D eigenvalue weighted by Gasteiger charge is 2.34. The van der Waals surface area contributed by atoms with E-state index in [1.807, 2.05) is 16.9 Å². The summed E-state index contributed by atoms with van der Waals surface area (Å²) < 4.78 is 26.2. The third-order valence-electron chi connectivity index (χ3n) is 6.55. The number of hydrogen-bond donors (Lipinski definition) is 2. The summed E-state index contributed by atoms with van der Waals surface area (Å²) in [6.07, 6.45) is 5.56. The van der Waals surface area contributed by atoms with E-state index >= 15 is 0 Å². The van der Waals surface area contributed by atoms with Gasteiger partial charge in [0.15, 0.2) is 5.78 Å². The molecule has 37 heavy (non-hydrogen) atoms. The molecule has 0 atom stereocenters. The van der Waals surface area contributed by atoms with Crippen molar-refractivity contribution < 1.29 is 22.8 Å². The SMILES string of the molecule is NC(=O)NS(=O)(=O)C1CCN(N2CCN(C(=O)c3ccc(C(=O)/C=C/c4ccccn4)cc3)CC2)CC1. The number of allylic oxidation sites excluding steroid dienone is 1. The molecule has 2 aliphatic rings. The molecule has 1 aromatic carbocycles. The van der Waals surface area contributed by atoms with Crippen LogP contribution in [-0.2, 0) is 10.0 Å². The molecular weight excluding hydrogens is 496 g/mol. The molecule has 2 aromatic rings. The van der Waals surface area contributed by atoms with E-state index in [1.54, 1.807) is 47.5 Å². The van der Waals surface area contributed by atoms with Crippen LogP contribution >= 0.6 is 0 Å². The maximum absolute atomic E-state index is 13.0. The molecule has 11 nitrogen and oxygen atoms in total. The van der Waals surface area contributed by atoms with Crippen LogP contribution in [0.4, 0.5) is 4.79 Å². The number of aromatic nitrogens is 1. The van der Waals surface area contributed by atoms with Gasteiger partial charge in [0, 0.05) is 56.6 Å². The van der Waals surface area contributed by atoms with E-state index in [0.717, 1.165) is 0 Å². The van der Waals surface area contributed by atoms with Crippen LogP contribution in [0.3, 0.4) is 0 Å². The first kappa shape index (κ1) is 26.5. The van der Waals surface area contributed by atoms with E-state index in [9.17, 15) is 22.8 Å². The van der Waals surface area contributed by atoms with Crippen molar-refractivity contribution >= 4 is 33.8 Å². The maximum Gasteiger partial charge on any atom is 0.325 e. The number of carbonyl (C=O) groups is 3. The smallest absolute Gasteiger partial charge is 0.325 e. The van der Waals surface area contributed by atoms with Crippen LogP contribution in [0.15, 0.2) is 54.7 Å². The third kappa shape index (κ3) is 6.79. The summed E-state index contributed by atoms with van der Waals surface area (Å²) in [5.74, 6) is -0.259. The number of ketones is 1. The highest BCUT2D eigenvalue weighted by Crippen LogP contribution is 2.20. The van der Waals surface area contributed by atoms with Crippen LogP contribution in [0, 0.1) is 0 Å². The highest BCUT2D eigenvalue weighted by atomic mass is 32.2. The van der Waals surface area contributed by atoms with Crippen molar-refractivity contribution in [3.63, 3.8) is 0 Å². The predicted molar refractivity (Wildman–Crippen MR) is 138 cm³/mol. The monoisotopic (exact) mass is 526 g/mol. The Kier molecular flexibility index (Phi) is 8.31. The molecule has 0 bridgehead atoms. The minimum absolute atomic E-state index is 0.0926. The number of nitrogens with one attached hydrogen (secondary N) is 1. The summed E-state index contributed by atoms with van der Waals surface area (Å²) in [6, 6.07) is 11.0. The van der Waals surface area contributed by atoms with Crippen molar-refractivity contribution in [1.29, 1.82) is 0 Å². The zero-order valence-electron chi connectivity index (χ0n) is 20.3. The topological polar surface area (TPSA) is 146 Å². The lowest BCUT2D eigenvalue weighted by atomic mass is 10.1. The van der Waals surface area contributed by atoms with Gasteiger partial charge in [-0.3, -0.25) is 14.6 Å². The summed E-state index contributed by atoms with van der Waals surface area (Å²) in [5, 5.41) is 3.60. The standard InChI is InChI=1S/C25H30N6O5S/c26-25(34)28-37(35,36)22-10-13-30(14-11-22)31-17-15-29(16-18-31)24(33)20-6-4-19(5-7-20)23(32)9-8-21-3-1-2-12-27-21/h1-9,12,22H,10-11,13-18H2,(H3,26,28,34)/b9-8+. The summed E-state index contributed by atoms with van der Waals surface area (Å²) in [5.41, 5.74) is 6.66. The van der Waals surface area contributed by atoms with Gasteiger partial charge in [0.05, 0.1) is 10.9 Å². The minimum atomic E-state index is -3.76. The zero-order valence-corrected chi connectivity index (χ0v) is 21.1. The Hall–Kier alpha value is -3.61. The van der Waals surface area contributed by atoms with Crippen LogP contribution in [0.5, 0.6) is 0 Å². The molecule has 0 unspecified atom stereocenters. The van der Waals surface area contributed by atoms with Crippen molar-refractivity contribution in [2.24, 2.45) is 5.73 Å². The lowest BCUT2D eigenvalue weighted by Crippen LogP contribution is -2.57. The quantitative estimate of drug-likeness (QED) is 0.403. The summed E-state index contributed by atoms with van der Waals surface area (Å²) >= 11 is 0. The molecule has 0 saturated carbocycles. The normalized spacial score (nSPS) is 18.1. The number of piperazine rings is 1. The lowest BCUT2D eigenvalue weighted by Gasteiger charge is -2.43. The van der Waals surface area contributed by atoms with Crippen LogP contribution in [0.1, 0.15) is 39.3 Å². The summed E-state index contributed by atoms with van der Waals surface area (Å²) in [6.45, 7) is 3.43. The Morgan fingerprint density at radius 1 is 0.892 bits per heavy atom. The van der Waals surface area contributed by atoms with E-state index in [-0.39, 0.29) is 11.7 Å². The maximum atomic E-state index is 13.0. The van der Waals surface area contributed by atoms with Gasteiger partial charge in [-0.15, -0.1) is 0 Å². The largest absolute Gasteiger partial charge is 0.351 e. The van der Waals surface area contributed by atoms with Gasteiger partial charge in [0.2, 0.25) is 10.0 Å². The number of benzene rings is 1. The van der Waals surface area contributed by atoms with E-state index in [1.165, 1.54) is 6.08 Å². The van der Waals surface area contributed by atoms with Crippen molar-refractivity contribution in [1.82, 2.24) is 24.6 Å². The Labute approximate surface area is 216 Å². The number of nitrogens with two attached hydrogens (primary N) is 1. The molecule has 0 aliphatic carbocycles. The second-order valence-corrected chi connectivity index (χ2v) is 10.9. The van der Waals surface area contributed by atoms with Crippen LogP contribution < -0.4 is 10.5 Å². The molecule has 3 heterocycles. The second kappa shape index (κ2) is 11.6. The van der Waals surface area contributed by atoms with Gasteiger partial charge in [-0.2, -0.15) is 0 Å². The first-order chi connectivity index (χ1) is 17.7. The molecule has 196 valence electrons. The number of carbonyl (C=O) groups excluding carboxylic acids is 3. The molecule has 3 N–H and O–H groups in total. The van der Waals surface area contributed by atoms with E-state index in [4.69, 9.17) is 5.73 Å². The Bertz CT molecular complexity index is 1250. The van der Waals surface area contributed by atoms with E-state index in [0.29, 0.717) is 68.9 Å². The number of nitrogens with zero attached hydrogens (tertiary/aromatic N) is 4. The fourth-order valence-corrected chi connectivity index (χ4v) is 5.81. The fraction of sp³-hybridized carbons (Fsp3) is 0.360. The van der Waals surface area contributed by atoms with Crippen molar-refractivity contribution in [2.75, 3.05) is 39.3 Å². The third-order valence-corrected chi connectivity index (χ3v) is 8.39. The number of amides is 3. The van der Waals surface area contributed by atoms with Gasteiger partial charge in [0.1, 0.15) is 0 Å². The summed E-state index contributed by atoms with van der Waals surface area (Å²) in [4.78, 5) is 42.3. The van der Waals surface area contributed by atoms with Crippen molar-refractivity contribution in [3.8, 4) is 0 Å². The molecule has 2 fully saturated rings. The Morgan fingerprint density at radius 3 is 2.11 bits per heavy atom. The van der Waals surface area contributed by atoms with E-state index < -0.39 is 21.3 Å². The number of hydrogen-bond acceptors (Lipinski definition) is 8. The molecular formula is C25H30N6O5S. The molecule has 1 aromatic heterocycles. The first-order valence-electron chi connectivity index (χ1n) is 12.1. The van der Waals surface area contributed by atoms with Crippen molar-refractivity contribution in [2.45, 2.75) is 18.1 Å². The molecule has 2 saturated heterocycles. The number of rotatable bonds is 7. The van der Waals surface area contributed by atoms with Gasteiger partial charge >= 0.3 is 6.03 Å². The molecule has 2 aliphatic heterocycles. The number of urea groups is 1. The van der Waals surface area contributed by atoms with Crippen LogP contribution in [0.25, 0.3) is 6.08 Å². The number of sulfonamides is 1. The zero-order chi connectivity index (χ0) is 26.4. The van der Waals surface area contributed by atoms with Gasteiger partial charge in [0.25, 0.3) is 5.91 Å². The number of piperidine rings is 1. The molecule has 3 amide bonds.